The molecule has 0 spiro atoms. The summed E-state index contributed by atoms with van der Waals surface area (Å²) >= 11 is 0. The van der Waals surface area contributed by atoms with Gasteiger partial charge in [0.25, 0.3) is 0 Å². The van der Waals surface area contributed by atoms with Gasteiger partial charge < -0.3 is 9.84 Å². The van der Waals surface area contributed by atoms with Gasteiger partial charge in [0.1, 0.15) is 5.82 Å². The van der Waals surface area contributed by atoms with Gasteiger partial charge >= 0.3 is 0 Å². The second-order valence-corrected chi connectivity index (χ2v) is 8.16. The summed E-state index contributed by atoms with van der Waals surface area (Å²) in [6.45, 7) is 4.06. The summed E-state index contributed by atoms with van der Waals surface area (Å²) in [5, 5.41) is 13.0. The van der Waals surface area contributed by atoms with Gasteiger partial charge in [-0.2, -0.15) is 10.1 Å². The summed E-state index contributed by atoms with van der Waals surface area (Å²) in [4.78, 5) is 28.2. The Bertz CT molecular complexity index is 1260. The van der Waals surface area contributed by atoms with Gasteiger partial charge in [-0.05, 0) is 43.5 Å². The monoisotopic (exact) mass is 432 g/mol. The average Bonchev–Trinajstić information content (AvgIpc) is 3.41. The van der Waals surface area contributed by atoms with Crippen molar-refractivity contribution in [1.29, 1.82) is 0 Å². The van der Waals surface area contributed by atoms with Gasteiger partial charge in [0.15, 0.2) is 5.82 Å². The number of likely N-dealkylation sites (tertiary alicyclic amines) is 1. The zero-order valence-corrected chi connectivity index (χ0v) is 18.0. The number of pyridine rings is 2. The quantitative estimate of drug-likeness (QED) is 0.512. The van der Waals surface area contributed by atoms with Gasteiger partial charge in [0.05, 0.1) is 18.4 Å². The molecule has 5 rings (SSSR count). The van der Waals surface area contributed by atoms with Gasteiger partial charge in [-0.25, -0.2) is 4.98 Å². The van der Waals surface area contributed by atoms with Crippen LogP contribution < -0.4 is 5.32 Å². The average molecular weight is 432 g/mol. The molecule has 0 saturated carbocycles. The molecule has 1 aliphatic rings. The van der Waals surface area contributed by atoms with E-state index in [1.807, 2.05) is 25.4 Å². The molecule has 164 valence electrons. The van der Waals surface area contributed by atoms with Gasteiger partial charge in [0, 0.05) is 49.4 Å². The van der Waals surface area contributed by atoms with Gasteiger partial charge in [-0.1, -0.05) is 5.16 Å². The van der Waals surface area contributed by atoms with Crippen LogP contribution in [-0.4, -0.2) is 53.8 Å². The van der Waals surface area contributed by atoms with E-state index in [1.165, 1.54) is 0 Å². The Hall–Kier alpha value is -3.66. The highest BCUT2D eigenvalue weighted by molar-refractivity contribution is 5.94. The topological polar surface area (TPSA) is 115 Å². The van der Waals surface area contributed by atoms with E-state index in [2.05, 4.69) is 35.4 Å². The van der Waals surface area contributed by atoms with Crippen molar-refractivity contribution >= 4 is 22.5 Å². The highest BCUT2D eigenvalue weighted by Crippen LogP contribution is 2.24. The van der Waals surface area contributed by atoms with Crippen LogP contribution in [0, 0.1) is 12.8 Å². The van der Waals surface area contributed by atoms with Crippen molar-refractivity contribution in [3.8, 4) is 11.3 Å². The lowest BCUT2D eigenvalue weighted by atomic mass is 9.96. The molecule has 4 aromatic heterocycles. The molecule has 1 fully saturated rings. The molecule has 1 amide bonds. The molecule has 0 radical (unpaired) electrons. The number of piperidine rings is 1. The lowest BCUT2D eigenvalue weighted by Crippen LogP contribution is -2.38. The van der Waals surface area contributed by atoms with E-state index in [0.29, 0.717) is 24.1 Å². The number of amides is 1. The van der Waals surface area contributed by atoms with E-state index >= 15 is 0 Å². The number of aromatic nitrogens is 6. The first kappa shape index (κ1) is 20.3. The Balaban J connectivity index is 1.22. The number of fused-ring (bicyclic) bond motifs is 1. The molecule has 0 unspecified atom stereocenters. The van der Waals surface area contributed by atoms with Gasteiger partial charge in [0.2, 0.25) is 11.8 Å². The minimum Gasteiger partial charge on any atom is -0.340 e. The molecule has 5 heterocycles. The highest BCUT2D eigenvalue weighted by atomic mass is 16.5. The van der Waals surface area contributed by atoms with E-state index in [4.69, 9.17) is 4.52 Å². The first-order chi connectivity index (χ1) is 15.5. The molecule has 1 aliphatic heterocycles. The lowest BCUT2D eigenvalue weighted by Gasteiger charge is -2.30. The Labute approximate surface area is 184 Å². The summed E-state index contributed by atoms with van der Waals surface area (Å²) in [6, 6.07) is 3.88. The Morgan fingerprint density at radius 3 is 2.69 bits per heavy atom. The van der Waals surface area contributed by atoms with Crippen LogP contribution in [0.15, 0.2) is 41.4 Å². The fourth-order valence-electron chi connectivity index (χ4n) is 4.00. The Morgan fingerprint density at radius 1 is 1.16 bits per heavy atom. The number of nitrogens with one attached hydrogen (secondary N) is 1. The van der Waals surface area contributed by atoms with Gasteiger partial charge in [-0.15, -0.1) is 0 Å². The summed E-state index contributed by atoms with van der Waals surface area (Å²) < 4.78 is 6.77. The van der Waals surface area contributed by atoms with Crippen molar-refractivity contribution < 1.29 is 9.32 Å². The standard InChI is InChI=1S/C22H24N8O2/c1-14-26-21(28-32-14)13-30-5-3-15(4-6-30)22(31)27-20-8-16-7-19(18-11-25-29(2)12-18)23-9-17(16)10-24-20/h7-12,15H,3-6,13H2,1-2H3,(H,24,27,31). The minimum atomic E-state index is -0.0425. The predicted octanol–water partition coefficient (Wildman–Crippen LogP) is 2.57. The van der Waals surface area contributed by atoms with Crippen LogP contribution in [0.4, 0.5) is 5.82 Å². The predicted molar refractivity (Wildman–Crippen MR) is 117 cm³/mol. The summed E-state index contributed by atoms with van der Waals surface area (Å²) in [5.41, 5.74) is 1.78. The van der Waals surface area contributed by atoms with Crippen molar-refractivity contribution in [3.05, 3.63) is 48.6 Å². The molecule has 0 aromatic carbocycles. The third kappa shape index (κ3) is 4.35. The summed E-state index contributed by atoms with van der Waals surface area (Å²) in [5.74, 6) is 1.77. The van der Waals surface area contributed by atoms with Crippen LogP contribution >= 0.6 is 0 Å². The van der Waals surface area contributed by atoms with Crippen molar-refractivity contribution in [1.82, 2.24) is 34.8 Å². The van der Waals surface area contributed by atoms with E-state index < -0.39 is 0 Å². The first-order valence-electron chi connectivity index (χ1n) is 10.6. The number of rotatable bonds is 5. The Kier molecular flexibility index (Phi) is 5.36. The Morgan fingerprint density at radius 2 is 1.97 bits per heavy atom. The molecule has 1 saturated heterocycles. The number of hydrogen-bond donors (Lipinski definition) is 1. The largest absolute Gasteiger partial charge is 0.340 e. The molecular formula is C22H24N8O2. The maximum Gasteiger partial charge on any atom is 0.228 e. The van der Waals surface area contributed by atoms with E-state index in [-0.39, 0.29) is 11.8 Å². The number of anilines is 1. The van der Waals surface area contributed by atoms with Crippen LogP contribution in [0.25, 0.3) is 22.0 Å². The molecule has 10 heteroatoms. The molecule has 1 N–H and O–H groups in total. The summed E-state index contributed by atoms with van der Waals surface area (Å²) in [7, 11) is 1.87. The zero-order valence-electron chi connectivity index (χ0n) is 18.0. The fraction of sp³-hybridized carbons (Fsp3) is 0.364. The molecule has 0 aliphatic carbocycles. The maximum atomic E-state index is 12.8. The zero-order chi connectivity index (χ0) is 22.1. The van der Waals surface area contributed by atoms with E-state index in [0.717, 1.165) is 48.0 Å². The third-order valence-corrected chi connectivity index (χ3v) is 5.75. The minimum absolute atomic E-state index is 0.00782. The van der Waals surface area contributed by atoms with Crippen molar-refractivity contribution in [3.63, 3.8) is 0 Å². The lowest BCUT2D eigenvalue weighted by molar-refractivity contribution is -0.121. The second-order valence-electron chi connectivity index (χ2n) is 8.16. The van der Waals surface area contributed by atoms with E-state index in [1.54, 1.807) is 30.2 Å². The van der Waals surface area contributed by atoms with Crippen LogP contribution in [0.1, 0.15) is 24.6 Å². The summed E-state index contributed by atoms with van der Waals surface area (Å²) in [6.07, 6.45) is 8.79. The number of nitrogens with zero attached hydrogens (tertiary/aromatic N) is 7. The third-order valence-electron chi connectivity index (χ3n) is 5.75. The molecule has 10 nitrogen and oxygen atoms in total. The van der Waals surface area contributed by atoms with E-state index in [9.17, 15) is 4.79 Å². The fourth-order valence-corrected chi connectivity index (χ4v) is 4.00. The molecular weight excluding hydrogens is 408 g/mol. The number of carbonyl (C=O) groups excluding carboxylic acids is 1. The van der Waals surface area contributed by atoms with Crippen LogP contribution in [0.2, 0.25) is 0 Å². The number of aryl methyl sites for hydroxylation is 2. The second kappa shape index (κ2) is 8.46. The molecule has 32 heavy (non-hydrogen) atoms. The van der Waals surface area contributed by atoms with Gasteiger partial charge in [-0.3, -0.25) is 19.4 Å². The molecule has 0 bridgehead atoms. The number of hydrogen-bond acceptors (Lipinski definition) is 8. The highest BCUT2D eigenvalue weighted by Gasteiger charge is 2.26. The first-order valence-corrected chi connectivity index (χ1v) is 10.6. The smallest absolute Gasteiger partial charge is 0.228 e. The van der Waals surface area contributed by atoms with Crippen LogP contribution in [0.3, 0.4) is 0 Å². The van der Waals surface area contributed by atoms with Crippen molar-refractivity contribution in [2.24, 2.45) is 13.0 Å². The van der Waals surface area contributed by atoms with Crippen molar-refractivity contribution in [2.45, 2.75) is 26.3 Å². The number of carbonyl (C=O) groups is 1. The van der Waals surface area contributed by atoms with Crippen LogP contribution in [0.5, 0.6) is 0 Å². The molecule has 4 aromatic rings. The SMILES string of the molecule is Cc1nc(CN2CCC(C(=O)Nc3cc4cc(-c5cnn(C)c5)ncc4cn3)CC2)no1. The normalized spacial score (nSPS) is 15.3. The van der Waals surface area contributed by atoms with Crippen LogP contribution in [-0.2, 0) is 18.4 Å². The maximum absolute atomic E-state index is 12.8. The molecule has 0 atom stereocenters. The van der Waals surface area contributed by atoms with Crippen molar-refractivity contribution in [2.75, 3.05) is 18.4 Å².